The van der Waals surface area contributed by atoms with Gasteiger partial charge in [0.2, 0.25) is 0 Å². The number of methoxy groups -OCH3 is 1. The van der Waals surface area contributed by atoms with Crippen molar-refractivity contribution in [3.05, 3.63) is 0 Å². The fourth-order valence-electron chi connectivity index (χ4n) is 3.55. The molecule has 17 heavy (non-hydrogen) atoms. The Morgan fingerprint density at radius 2 is 1.71 bits per heavy atom. The van der Waals surface area contributed by atoms with Crippen molar-refractivity contribution in [2.24, 2.45) is 0 Å². The lowest BCUT2D eigenvalue weighted by Gasteiger charge is -2.43. The van der Waals surface area contributed by atoms with Crippen LogP contribution in [0.2, 0.25) is 0 Å². The van der Waals surface area contributed by atoms with E-state index in [0.717, 1.165) is 19.1 Å². The molecule has 0 aromatic carbocycles. The van der Waals surface area contributed by atoms with Gasteiger partial charge in [-0.1, -0.05) is 0 Å². The zero-order chi connectivity index (χ0) is 12.8. The fourth-order valence-corrected chi connectivity index (χ4v) is 3.55. The molecule has 2 heterocycles. The van der Waals surface area contributed by atoms with E-state index >= 15 is 0 Å². The van der Waals surface area contributed by atoms with Crippen molar-refractivity contribution >= 4 is 0 Å². The first-order valence-corrected chi connectivity index (χ1v) is 6.78. The molecule has 0 spiro atoms. The van der Waals surface area contributed by atoms with Crippen molar-refractivity contribution in [2.45, 2.75) is 64.3 Å². The Kier molecular flexibility index (Phi) is 3.30. The molecular formula is C14H28N2O. The van der Waals surface area contributed by atoms with Gasteiger partial charge in [-0.2, -0.15) is 0 Å². The molecule has 3 nitrogen and oxygen atoms in total. The van der Waals surface area contributed by atoms with Crippen LogP contribution in [0, 0.1) is 0 Å². The molecule has 0 saturated carbocycles. The van der Waals surface area contributed by atoms with Crippen molar-refractivity contribution in [1.82, 2.24) is 9.80 Å². The minimum absolute atomic E-state index is 0.268. The lowest BCUT2D eigenvalue weighted by Crippen LogP contribution is -2.57. The highest BCUT2D eigenvalue weighted by atomic mass is 16.5. The van der Waals surface area contributed by atoms with E-state index in [1.807, 2.05) is 7.11 Å². The van der Waals surface area contributed by atoms with Crippen molar-refractivity contribution < 1.29 is 4.74 Å². The molecule has 0 aromatic rings. The molecule has 100 valence electrons. The molecule has 0 aliphatic carbocycles. The maximum absolute atomic E-state index is 5.37. The number of ether oxygens (including phenoxy) is 1. The lowest BCUT2D eigenvalue weighted by molar-refractivity contribution is -0.0496. The van der Waals surface area contributed by atoms with Crippen LogP contribution in [0.15, 0.2) is 0 Å². The normalized spacial score (nSPS) is 31.8. The molecule has 0 radical (unpaired) electrons. The van der Waals surface area contributed by atoms with Gasteiger partial charge in [-0.05, 0) is 41.0 Å². The fraction of sp³-hybridized carbons (Fsp3) is 1.00. The molecule has 0 aromatic heterocycles. The molecule has 2 saturated heterocycles. The van der Waals surface area contributed by atoms with Gasteiger partial charge in [0.05, 0.1) is 6.10 Å². The molecule has 2 aliphatic rings. The second-order valence-electron chi connectivity index (χ2n) is 7.26. The van der Waals surface area contributed by atoms with Crippen LogP contribution in [-0.2, 0) is 4.74 Å². The Morgan fingerprint density at radius 3 is 2.12 bits per heavy atom. The quantitative estimate of drug-likeness (QED) is 0.734. The Morgan fingerprint density at radius 1 is 1.12 bits per heavy atom. The highest BCUT2D eigenvalue weighted by Gasteiger charge is 2.47. The molecule has 3 heteroatoms. The summed E-state index contributed by atoms with van der Waals surface area (Å²) in [5.74, 6) is 0. The zero-order valence-electron chi connectivity index (χ0n) is 12.3. The average Bonchev–Trinajstić information content (AvgIpc) is 2.38. The molecule has 2 aliphatic heterocycles. The Bertz CT molecular complexity index is 276. The van der Waals surface area contributed by atoms with E-state index in [1.165, 1.54) is 13.0 Å². The molecule has 2 rings (SSSR count). The van der Waals surface area contributed by atoms with Crippen molar-refractivity contribution in [3.63, 3.8) is 0 Å². The monoisotopic (exact) mass is 240 g/mol. The highest BCUT2D eigenvalue weighted by molar-refractivity contribution is 5.03. The van der Waals surface area contributed by atoms with Gasteiger partial charge in [-0.3, -0.25) is 9.80 Å². The summed E-state index contributed by atoms with van der Waals surface area (Å²) in [7, 11) is 1.82. The molecule has 0 amide bonds. The highest BCUT2D eigenvalue weighted by Crippen LogP contribution is 2.38. The summed E-state index contributed by atoms with van der Waals surface area (Å²) in [4.78, 5) is 5.24. The number of hydrogen-bond acceptors (Lipinski definition) is 3. The van der Waals surface area contributed by atoms with Crippen molar-refractivity contribution in [3.8, 4) is 0 Å². The second-order valence-corrected chi connectivity index (χ2v) is 7.26. The third-order valence-electron chi connectivity index (χ3n) is 4.39. The van der Waals surface area contributed by atoms with E-state index in [0.29, 0.717) is 11.6 Å². The summed E-state index contributed by atoms with van der Waals surface area (Å²) in [6.45, 7) is 15.2. The van der Waals surface area contributed by atoms with E-state index in [1.54, 1.807) is 0 Å². The third kappa shape index (κ3) is 2.51. The zero-order valence-corrected chi connectivity index (χ0v) is 12.3. The van der Waals surface area contributed by atoms with E-state index < -0.39 is 0 Å². The number of nitrogens with zero attached hydrogens (tertiary/aromatic N) is 2. The van der Waals surface area contributed by atoms with Gasteiger partial charge in [-0.15, -0.1) is 0 Å². The third-order valence-corrected chi connectivity index (χ3v) is 4.39. The van der Waals surface area contributed by atoms with Crippen LogP contribution in [0.5, 0.6) is 0 Å². The molecule has 0 N–H and O–H groups in total. The van der Waals surface area contributed by atoms with E-state index in [-0.39, 0.29) is 5.54 Å². The SMILES string of the molecule is COC1CN([C@H]2CN(C(C)(C)C)C(C)(C)C2)C1. The van der Waals surface area contributed by atoms with Crippen LogP contribution in [0.4, 0.5) is 0 Å². The van der Waals surface area contributed by atoms with E-state index in [2.05, 4.69) is 44.4 Å². The van der Waals surface area contributed by atoms with Crippen LogP contribution in [0.25, 0.3) is 0 Å². The van der Waals surface area contributed by atoms with Crippen LogP contribution in [0.1, 0.15) is 41.0 Å². The minimum atomic E-state index is 0.268. The maximum Gasteiger partial charge on any atom is 0.0825 e. The largest absolute Gasteiger partial charge is 0.379 e. The Hall–Kier alpha value is -0.120. The number of likely N-dealkylation sites (tertiary alicyclic amines) is 2. The van der Waals surface area contributed by atoms with Gasteiger partial charge in [0.25, 0.3) is 0 Å². The van der Waals surface area contributed by atoms with Crippen LogP contribution in [0.3, 0.4) is 0 Å². The van der Waals surface area contributed by atoms with Crippen LogP contribution >= 0.6 is 0 Å². The molecular weight excluding hydrogens is 212 g/mol. The molecule has 2 fully saturated rings. The van der Waals surface area contributed by atoms with Gasteiger partial charge in [0.1, 0.15) is 0 Å². The van der Waals surface area contributed by atoms with Gasteiger partial charge in [-0.25, -0.2) is 0 Å². The van der Waals surface area contributed by atoms with E-state index in [9.17, 15) is 0 Å². The summed E-state index contributed by atoms with van der Waals surface area (Å²) in [6, 6.07) is 0.718. The summed E-state index contributed by atoms with van der Waals surface area (Å²) in [5.41, 5.74) is 0.588. The second kappa shape index (κ2) is 4.22. The minimum Gasteiger partial charge on any atom is -0.379 e. The smallest absolute Gasteiger partial charge is 0.0825 e. The van der Waals surface area contributed by atoms with Gasteiger partial charge in [0.15, 0.2) is 0 Å². The van der Waals surface area contributed by atoms with Crippen molar-refractivity contribution in [2.75, 3.05) is 26.7 Å². The van der Waals surface area contributed by atoms with Crippen LogP contribution in [-0.4, -0.2) is 59.8 Å². The van der Waals surface area contributed by atoms with Crippen molar-refractivity contribution in [1.29, 1.82) is 0 Å². The van der Waals surface area contributed by atoms with E-state index in [4.69, 9.17) is 4.74 Å². The standard InChI is InChI=1S/C14H28N2O/c1-13(2,3)16-8-11(7-14(16,4)5)15-9-12(10-15)17-6/h11-12H,7-10H2,1-6H3/t11-/m1/s1. The van der Waals surface area contributed by atoms with Gasteiger partial charge < -0.3 is 4.74 Å². The Balaban J connectivity index is 1.97. The van der Waals surface area contributed by atoms with Gasteiger partial charge >= 0.3 is 0 Å². The van der Waals surface area contributed by atoms with Gasteiger partial charge in [0, 0.05) is 43.9 Å². The first-order valence-electron chi connectivity index (χ1n) is 6.78. The van der Waals surface area contributed by atoms with Crippen LogP contribution < -0.4 is 0 Å². The predicted octanol–water partition coefficient (Wildman–Crippen LogP) is 1.97. The number of hydrogen-bond donors (Lipinski definition) is 0. The predicted molar refractivity (Wildman–Crippen MR) is 71.3 cm³/mol. The summed E-state index contributed by atoms with van der Waals surface area (Å²) < 4.78 is 5.37. The number of rotatable bonds is 2. The first kappa shape index (κ1) is 13.3. The molecule has 1 atom stereocenters. The lowest BCUT2D eigenvalue weighted by atomic mass is 9.94. The molecule has 0 bridgehead atoms. The molecule has 0 unspecified atom stereocenters. The average molecular weight is 240 g/mol. The summed E-state index contributed by atoms with van der Waals surface area (Å²) in [6.07, 6.45) is 1.75. The summed E-state index contributed by atoms with van der Waals surface area (Å²) >= 11 is 0. The Labute approximate surface area is 106 Å². The maximum atomic E-state index is 5.37. The summed E-state index contributed by atoms with van der Waals surface area (Å²) in [5, 5.41) is 0. The topological polar surface area (TPSA) is 15.7 Å². The first-order chi connectivity index (χ1) is 7.74.